The zero-order valence-corrected chi connectivity index (χ0v) is 11.6. The normalized spacial score (nSPS) is 11.2. The minimum atomic E-state index is 0.848. The molecule has 0 amide bonds. The lowest BCUT2D eigenvalue weighted by atomic mass is 10.4. The summed E-state index contributed by atoms with van der Waals surface area (Å²) in [6.45, 7) is 2.60. The summed E-state index contributed by atoms with van der Waals surface area (Å²) in [5.74, 6) is 0. The van der Waals surface area contributed by atoms with Crippen LogP contribution in [0.4, 0.5) is 0 Å². The first-order valence-corrected chi connectivity index (χ1v) is 7.23. The molecule has 0 spiro atoms. The monoisotopic (exact) mass is 268 g/mol. The van der Waals surface area contributed by atoms with Gasteiger partial charge in [-0.2, -0.15) is 0 Å². The molecule has 0 saturated heterocycles. The molecule has 0 aliphatic carbocycles. The zero-order chi connectivity index (χ0) is 12.1. The van der Waals surface area contributed by atoms with Crippen LogP contribution in [0.5, 0.6) is 0 Å². The molecule has 6 heteroatoms. The van der Waals surface area contributed by atoms with E-state index in [0.717, 1.165) is 36.0 Å². The highest BCUT2D eigenvalue weighted by Gasteiger charge is 2.06. The molecule has 0 fully saturated rings. The number of hydrogen-bond donors (Lipinski definition) is 1. The molecule has 0 radical (unpaired) electrons. The fourth-order valence-corrected chi connectivity index (χ4v) is 2.93. The number of aromatic nitrogens is 2. The highest BCUT2D eigenvalue weighted by Crippen LogP contribution is 2.12. The van der Waals surface area contributed by atoms with Gasteiger partial charge in [0, 0.05) is 30.4 Å². The Labute approximate surface area is 109 Å². The van der Waals surface area contributed by atoms with E-state index in [1.807, 2.05) is 12.6 Å². The SMILES string of the molecule is CNCc1nc(CN(C)Cc2cscn2)cs1. The summed E-state index contributed by atoms with van der Waals surface area (Å²) in [5, 5.41) is 8.47. The average Bonchev–Trinajstić information content (AvgIpc) is 2.91. The number of hydrogen-bond acceptors (Lipinski definition) is 6. The number of nitrogens with one attached hydrogen (secondary N) is 1. The third-order valence-electron chi connectivity index (χ3n) is 2.27. The smallest absolute Gasteiger partial charge is 0.107 e. The van der Waals surface area contributed by atoms with Crippen molar-refractivity contribution in [2.75, 3.05) is 14.1 Å². The zero-order valence-electron chi connectivity index (χ0n) is 10.0. The third-order valence-corrected chi connectivity index (χ3v) is 3.81. The average molecular weight is 268 g/mol. The van der Waals surface area contributed by atoms with Gasteiger partial charge in [0.1, 0.15) is 5.01 Å². The van der Waals surface area contributed by atoms with Gasteiger partial charge in [0.15, 0.2) is 0 Å². The third kappa shape index (κ3) is 3.85. The molecule has 17 heavy (non-hydrogen) atoms. The summed E-state index contributed by atoms with van der Waals surface area (Å²) in [5.41, 5.74) is 4.14. The Morgan fingerprint density at radius 3 is 2.82 bits per heavy atom. The van der Waals surface area contributed by atoms with Gasteiger partial charge in [-0.05, 0) is 14.1 Å². The number of nitrogens with zero attached hydrogens (tertiary/aromatic N) is 3. The van der Waals surface area contributed by atoms with Crippen LogP contribution in [0.3, 0.4) is 0 Å². The second kappa shape index (κ2) is 6.20. The summed E-state index contributed by atoms with van der Waals surface area (Å²) in [4.78, 5) is 11.1. The highest BCUT2D eigenvalue weighted by molar-refractivity contribution is 7.09. The largest absolute Gasteiger partial charge is 0.314 e. The summed E-state index contributed by atoms with van der Waals surface area (Å²) in [7, 11) is 4.03. The number of rotatable bonds is 6. The Balaban J connectivity index is 1.86. The molecule has 0 saturated carbocycles. The minimum Gasteiger partial charge on any atom is -0.314 e. The predicted molar refractivity (Wildman–Crippen MR) is 72.2 cm³/mol. The van der Waals surface area contributed by atoms with Gasteiger partial charge in [-0.1, -0.05) is 0 Å². The van der Waals surface area contributed by atoms with Crippen LogP contribution < -0.4 is 5.32 Å². The molecule has 0 atom stereocenters. The first kappa shape index (κ1) is 12.6. The maximum atomic E-state index is 4.57. The Hall–Kier alpha value is -0.820. The lowest BCUT2D eigenvalue weighted by Gasteiger charge is -2.13. The van der Waals surface area contributed by atoms with E-state index in [4.69, 9.17) is 0 Å². The van der Waals surface area contributed by atoms with Gasteiger partial charge >= 0.3 is 0 Å². The topological polar surface area (TPSA) is 41.1 Å². The van der Waals surface area contributed by atoms with Crippen molar-refractivity contribution in [2.24, 2.45) is 0 Å². The molecule has 2 rings (SSSR count). The van der Waals surface area contributed by atoms with E-state index in [2.05, 4.69) is 38.0 Å². The van der Waals surface area contributed by atoms with Gasteiger partial charge in [-0.15, -0.1) is 22.7 Å². The minimum absolute atomic E-state index is 0.848. The molecular formula is C11H16N4S2. The lowest BCUT2D eigenvalue weighted by molar-refractivity contribution is 0.312. The quantitative estimate of drug-likeness (QED) is 0.869. The van der Waals surface area contributed by atoms with Crippen LogP contribution in [-0.2, 0) is 19.6 Å². The number of thiazole rings is 2. The molecular weight excluding hydrogens is 252 g/mol. The molecule has 92 valence electrons. The predicted octanol–water partition coefficient (Wildman–Crippen LogP) is 1.95. The van der Waals surface area contributed by atoms with Crippen LogP contribution in [-0.4, -0.2) is 29.0 Å². The molecule has 0 aliphatic heterocycles. The molecule has 2 heterocycles. The lowest BCUT2D eigenvalue weighted by Crippen LogP contribution is -2.17. The van der Waals surface area contributed by atoms with Crippen molar-refractivity contribution in [1.82, 2.24) is 20.2 Å². The van der Waals surface area contributed by atoms with Gasteiger partial charge in [-0.25, -0.2) is 9.97 Å². The van der Waals surface area contributed by atoms with Crippen LogP contribution >= 0.6 is 22.7 Å². The van der Waals surface area contributed by atoms with Crippen LogP contribution in [0, 0.1) is 0 Å². The fourth-order valence-electron chi connectivity index (χ4n) is 1.58. The second-order valence-corrected chi connectivity index (χ2v) is 5.58. The van der Waals surface area contributed by atoms with Gasteiger partial charge < -0.3 is 5.32 Å². The first-order valence-electron chi connectivity index (χ1n) is 5.41. The van der Waals surface area contributed by atoms with Gasteiger partial charge in [-0.3, -0.25) is 4.90 Å². The molecule has 0 aliphatic rings. The van der Waals surface area contributed by atoms with E-state index in [9.17, 15) is 0 Å². The van der Waals surface area contributed by atoms with Gasteiger partial charge in [0.25, 0.3) is 0 Å². The van der Waals surface area contributed by atoms with E-state index in [1.54, 1.807) is 22.7 Å². The Kier molecular flexibility index (Phi) is 4.61. The van der Waals surface area contributed by atoms with Crippen molar-refractivity contribution in [1.29, 1.82) is 0 Å². The van der Waals surface area contributed by atoms with Gasteiger partial charge in [0.2, 0.25) is 0 Å². The summed E-state index contributed by atoms with van der Waals surface area (Å²) in [6.07, 6.45) is 0. The Morgan fingerprint density at radius 2 is 2.12 bits per heavy atom. The van der Waals surface area contributed by atoms with E-state index >= 15 is 0 Å². The van der Waals surface area contributed by atoms with Crippen LogP contribution in [0.1, 0.15) is 16.4 Å². The maximum Gasteiger partial charge on any atom is 0.107 e. The Morgan fingerprint density at radius 1 is 1.29 bits per heavy atom. The van der Waals surface area contributed by atoms with E-state index in [0.29, 0.717) is 0 Å². The van der Waals surface area contributed by atoms with E-state index in [-0.39, 0.29) is 0 Å². The molecule has 1 N–H and O–H groups in total. The summed E-state index contributed by atoms with van der Waals surface area (Å²) in [6, 6.07) is 0. The summed E-state index contributed by atoms with van der Waals surface area (Å²) >= 11 is 3.35. The molecule has 4 nitrogen and oxygen atoms in total. The van der Waals surface area contributed by atoms with Crippen LogP contribution in [0.15, 0.2) is 16.3 Å². The van der Waals surface area contributed by atoms with E-state index in [1.165, 1.54) is 0 Å². The highest BCUT2D eigenvalue weighted by atomic mass is 32.1. The molecule has 2 aromatic heterocycles. The van der Waals surface area contributed by atoms with Crippen molar-refractivity contribution < 1.29 is 0 Å². The van der Waals surface area contributed by atoms with E-state index < -0.39 is 0 Å². The standard InChI is InChI=1S/C11H16N4S2/c1-12-3-11-14-10(7-17-11)5-15(2)4-9-6-16-8-13-9/h6-8,12H,3-5H2,1-2H3. The second-order valence-electron chi connectivity index (χ2n) is 3.91. The first-order chi connectivity index (χ1) is 8.28. The van der Waals surface area contributed by atoms with Crippen LogP contribution in [0.25, 0.3) is 0 Å². The van der Waals surface area contributed by atoms with Crippen molar-refractivity contribution in [3.63, 3.8) is 0 Å². The van der Waals surface area contributed by atoms with Crippen molar-refractivity contribution in [2.45, 2.75) is 19.6 Å². The molecule has 0 aromatic carbocycles. The van der Waals surface area contributed by atoms with Gasteiger partial charge in [0.05, 0.1) is 16.9 Å². The summed E-state index contributed by atoms with van der Waals surface area (Å²) < 4.78 is 0. The van der Waals surface area contributed by atoms with Crippen LogP contribution in [0.2, 0.25) is 0 Å². The van der Waals surface area contributed by atoms with Crippen molar-refractivity contribution in [3.05, 3.63) is 32.7 Å². The molecule has 2 aromatic rings. The Bertz CT molecular complexity index is 438. The molecule has 0 unspecified atom stereocenters. The van der Waals surface area contributed by atoms with Crippen molar-refractivity contribution in [3.8, 4) is 0 Å². The maximum absolute atomic E-state index is 4.57. The molecule has 0 bridgehead atoms. The van der Waals surface area contributed by atoms with Crippen molar-refractivity contribution >= 4 is 22.7 Å². The fraction of sp³-hybridized carbons (Fsp3) is 0.455.